The Bertz CT molecular complexity index is 832. The molecule has 2 aromatic carbocycles. The van der Waals surface area contributed by atoms with Crippen molar-refractivity contribution in [1.82, 2.24) is 5.32 Å². The Morgan fingerprint density at radius 2 is 1.45 bits per heavy atom. The number of aliphatic carboxylic acids is 1. The Hall–Kier alpha value is -2.78. The number of rotatable bonds is 9. The highest BCUT2D eigenvalue weighted by atomic mass is 16.6. The number of nitrogens with one attached hydrogen (secondary N) is 1. The molecule has 6 N–H and O–H groups in total. The van der Waals surface area contributed by atoms with E-state index in [1.54, 1.807) is 0 Å². The second kappa shape index (κ2) is 9.15. The first-order valence-corrected chi connectivity index (χ1v) is 9.17. The zero-order chi connectivity index (χ0) is 21.7. The van der Waals surface area contributed by atoms with Crippen LogP contribution in [0.25, 0.3) is 11.1 Å². The van der Waals surface area contributed by atoms with Gasteiger partial charge >= 0.3 is 17.5 Å². The summed E-state index contributed by atoms with van der Waals surface area (Å²) in [5.74, 6) is -11.9. The summed E-state index contributed by atoms with van der Waals surface area (Å²) in [6, 6.07) is 16.8. The topological polar surface area (TPSA) is 147 Å². The van der Waals surface area contributed by atoms with Gasteiger partial charge in [-0.25, -0.2) is 4.79 Å². The molecule has 2 aromatic rings. The zero-order valence-corrected chi connectivity index (χ0v) is 15.9. The normalized spacial score (nSPS) is 13.0. The molecule has 0 aliphatic heterocycles. The molecule has 8 nitrogen and oxygen atoms in total. The summed E-state index contributed by atoms with van der Waals surface area (Å²) >= 11 is 0. The van der Waals surface area contributed by atoms with Crippen LogP contribution in [0.2, 0.25) is 0 Å². The second-order valence-corrected chi connectivity index (χ2v) is 6.88. The highest BCUT2D eigenvalue weighted by molar-refractivity contribution is 5.91. The summed E-state index contributed by atoms with van der Waals surface area (Å²) in [5, 5.41) is 49.1. The minimum atomic E-state index is -4.05. The first kappa shape index (κ1) is 22.5. The monoisotopic (exact) mass is 403 g/mol. The Morgan fingerprint density at radius 3 is 1.97 bits per heavy atom. The average Bonchev–Trinajstić information content (AvgIpc) is 2.69. The molecule has 0 saturated carbocycles. The van der Waals surface area contributed by atoms with Crippen LogP contribution >= 0.6 is 0 Å². The SMILES string of the molecule is CCC[C@H](Cc1ccc(-c2ccccc2)cc1)NC(=O)C(O)(O)C(O)(O)C(=O)O. The standard InChI is InChI=1S/C21H25NO7/c1-2-6-17(22-18(23)20(26,27)21(28,29)19(24)25)13-14-9-11-16(12-10-14)15-7-4-3-5-8-15/h3-5,7-12,17,26-29H,2,6,13H2,1H3,(H,22,23)(H,24,25)/t17-/m1/s1. The van der Waals surface area contributed by atoms with Gasteiger partial charge < -0.3 is 30.8 Å². The molecule has 0 aliphatic carbocycles. The number of carboxylic acid groups (broad SMARTS) is 1. The van der Waals surface area contributed by atoms with Gasteiger partial charge in [0.25, 0.3) is 5.91 Å². The molecule has 0 heterocycles. The first-order chi connectivity index (χ1) is 13.6. The van der Waals surface area contributed by atoms with Gasteiger partial charge in [-0.3, -0.25) is 4.79 Å². The molecule has 0 aromatic heterocycles. The van der Waals surface area contributed by atoms with Gasteiger partial charge in [0, 0.05) is 6.04 Å². The van der Waals surface area contributed by atoms with Crippen LogP contribution in [0.4, 0.5) is 0 Å². The van der Waals surface area contributed by atoms with Crippen molar-refractivity contribution in [2.24, 2.45) is 0 Å². The van der Waals surface area contributed by atoms with Gasteiger partial charge in [0.1, 0.15) is 0 Å². The molecule has 8 heteroatoms. The van der Waals surface area contributed by atoms with Crippen molar-refractivity contribution >= 4 is 11.9 Å². The summed E-state index contributed by atoms with van der Waals surface area (Å²) in [6.45, 7) is 1.86. The van der Waals surface area contributed by atoms with Crippen LogP contribution in [0.3, 0.4) is 0 Å². The molecule has 0 spiro atoms. The largest absolute Gasteiger partial charge is 0.477 e. The van der Waals surface area contributed by atoms with E-state index in [4.69, 9.17) is 5.11 Å². The van der Waals surface area contributed by atoms with Gasteiger partial charge in [-0.2, -0.15) is 0 Å². The van der Waals surface area contributed by atoms with Crippen LogP contribution in [0.15, 0.2) is 54.6 Å². The van der Waals surface area contributed by atoms with Crippen molar-refractivity contribution in [2.75, 3.05) is 0 Å². The maximum absolute atomic E-state index is 12.1. The Morgan fingerprint density at radius 1 is 0.897 bits per heavy atom. The third kappa shape index (κ3) is 5.18. The van der Waals surface area contributed by atoms with Gasteiger partial charge in [-0.1, -0.05) is 67.9 Å². The fraction of sp³-hybridized carbons (Fsp3) is 0.333. The Kier molecular flexibility index (Phi) is 7.10. The molecule has 29 heavy (non-hydrogen) atoms. The molecular formula is C21H25NO7. The van der Waals surface area contributed by atoms with E-state index < -0.39 is 29.5 Å². The molecule has 0 saturated heterocycles. The summed E-state index contributed by atoms with van der Waals surface area (Å²) in [5.41, 5.74) is 2.93. The number of carbonyl (C=O) groups is 2. The smallest absolute Gasteiger partial charge is 0.370 e. The third-order valence-electron chi connectivity index (χ3n) is 4.62. The fourth-order valence-electron chi connectivity index (χ4n) is 2.92. The van der Waals surface area contributed by atoms with E-state index in [9.17, 15) is 30.0 Å². The van der Waals surface area contributed by atoms with Crippen LogP contribution in [0.1, 0.15) is 25.3 Å². The number of carbonyl (C=O) groups excluding carboxylic acids is 1. The van der Waals surface area contributed by atoms with Crippen molar-refractivity contribution in [2.45, 2.75) is 43.8 Å². The van der Waals surface area contributed by atoms with Crippen molar-refractivity contribution in [3.8, 4) is 11.1 Å². The summed E-state index contributed by atoms with van der Waals surface area (Å²) < 4.78 is 0. The van der Waals surface area contributed by atoms with Gasteiger partial charge in [0.2, 0.25) is 0 Å². The number of amides is 1. The van der Waals surface area contributed by atoms with Crippen molar-refractivity contribution in [1.29, 1.82) is 0 Å². The molecule has 0 aliphatic rings. The lowest BCUT2D eigenvalue weighted by molar-refractivity contribution is -0.327. The minimum Gasteiger partial charge on any atom is -0.477 e. The summed E-state index contributed by atoms with van der Waals surface area (Å²) in [7, 11) is 0. The minimum absolute atomic E-state index is 0.335. The van der Waals surface area contributed by atoms with E-state index in [0.717, 1.165) is 16.7 Å². The van der Waals surface area contributed by atoms with Gasteiger partial charge in [0.15, 0.2) is 0 Å². The quantitative estimate of drug-likeness (QED) is 0.337. The predicted molar refractivity (Wildman–Crippen MR) is 104 cm³/mol. The highest BCUT2D eigenvalue weighted by Crippen LogP contribution is 2.21. The van der Waals surface area contributed by atoms with E-state index in [1.807, 2.05) is 61.5 Å². The zero-order valence-electron chi connectivity index (χ0n) is 15.9. The summed E-state index contributed by atoms with van der Waals surface area (Å²) in [4.78, 5) is 23.0. The van der Waals surface area contributed by atoms with E-state index in [2.05, 4.69) is 5.32 Å². The molecule has 1 amide bonds. The van der Waals surface area contributed by atoms with Gasteiger partial charge in [0.05, 0.1) is 0 Å². The van der Waals surface area contributed by atoms with E-state index >= 15 is 0 Å². The average molecular weight is 403 g/mol. The number of hydrogen-bond donors (Lipinski definition) is 6. The van der Waals surface area contributed by atoms with Gasteiger partial charge in [-0.05, 0) is 29.5 Å². The van der Waals surface area contributed by atoms with Crippen molar-refractivity contribution in [3.05, 3.63) is 60.2 Å². The van der Waals surface area contributed by atoms with E-state index in [1.165, 1.54) is 0 Å². The maximum Gasteiger partial charge on any atom is 0.370 e. The van der Waals surface area contributed by atoms with Crippen LogP contribution in [-0.4, -0.2) is 55.0 Å². The van der Waals surface area contributed by atoms with Crippen LogP contribution < -0.4 is 5.32 Å². The van der Waals surface area contributed by atoms with E-state index in [-0.39, 0.29) is 0 Å². The van der Waals surface area contributed by atoms with Crippen LogP contribution in [0, 0.1) is 0 Å². The Balaban J connectivity index is 2.12. The molecule has 1 atom stereocenters. The lowest BCUT2D eigenvalue weighted by Crippen LogP contribution is -2.67. The molecular weight excluding hydrogens is 378 g/mol. The predicted octanol–water partition coefficient (Wildman–Crippen LogP) is 0.627. The number of hydrogen-bond acceptors (Lipinski definition) is 6. The fourth-order valence-corrected chi connectivity index (χ4v) is 2.92. The summed E-state index contributed by atoms with van der Waals surface area (Å²) in [6.07, 6.45) is 1.44. The number of carboxylic acids is 1. The van der Waals surface area contributed by atoms with Crippen molar-refractivity contribution < 1.29 is 35.1 Å². The molecule has 2 rings (SSSR count). The van der Waals surface area contributed by atoms with Crippen molar-refractivity contribution in [3.63, 3.8) is 0 Å². The molecule has 0 bridgehead atoms. The van der Waals surface area contributed by atoms with E-state index in [0.29, 0.717) is 19.3 Å². The Labute approximate surface area is 168 Å². The third-order valence-corrected chi connectivity index (χ3v) is 4.62. The van der Waals surface area contributed by atoms with Crippen LogP contribution in [0.5, 0.6) is 0 Å². The molecule has 0 radical (unpaired) electrons. The number of benzene rings is 2. The first-order valence-electron chi connectivity index (χ1n) is 9.17. The molecule has 0 fully saturated rings. The second-order valence-electron chi connectivity index (χ2n) is 6.88. The lowest BCUT2D eigenvalue weighted by atomic mass is 9.98. The molecule has 0 unspecified atom stereocenters. The van der Waals surface area contributed by atoms with Gasteiger partial charge in [-0.15, -0.1) is 0 Å². The number of aliphatic hydroxyl groups is 4. The highest BCUT2D eigenvalue weighted by Gasteiger charge is 2.59. The molecule has 156 valence electrons. The van der Waals surface area contributed by atoms with Crippen LogP contribution in [-0.2, 0) is 16.0 Å². The maximum atomic E-state index is 12.1. The lowest BCUT2D eigenvalue weighted by Gasteiger charge is -2.31.